The Labute approximate surface area is 128 Å². The standard InChI is InChI=1S/C14H15N3O4S/c1-17(11-6-4-3-5-7-11)13(18)10-21-12-8-15-14(16-9-12)22(2,19)20/h3-9H,10H2,1-2H3. The molecule has 1 amide bonds. The van der Waals surface area contributed by atoms with E-state index >= 15 is 0 Å². The SMILES string of the molecule is CN(C(=O)COc1cnc(S(C)(=O)=O)nc1)c1ccccc1. The second-order valence-electron chi connectivity index (χ2n) is 4.55. The highest BCUT2D eigenvalue weighted by Crippen LogP contribution is 2.13. The van der Waals surface area contributed by atoms with Gasteiger partial charge in [-0.2, -0.15) is 0 Å². The smallest absolute Gasteiger partial charge is 0.264 e. The Kier molecular flexibility index (Phi) is 4.71. The van der Waals surface area contributed by atoms with E-state index in [0.29, 0.717) is 0 Å². The lowest BCUT2D eigenvalue weighted by Gasteiger charge is -2.17. The van der Waals surface area contributed by atoms with Gasteiger partial charge in [0.25, 0.3) is 5.91 Å². The number of hydrogen-bond acceptors (Lipinski definition) is 6. The molecule has 0 N–H and O–H groups in total. The van der Waals surface area contributed by atoms with Crippen LogP contribution in [-0.2, 0) is 14.6 Å². The first-order valence-electron chi connectivity index (χ1n) is 6.34. The summed E-state index contributed by atoms with van der Waals surface area (Å²) in [7, 11) is -1.81. The molecular formula is C14H15N3O4S. The number of carbonyl (C=O) groups is 1. The molecule has 7 nitrogen and oxygen atoms in total. The van der Waals surface area contributed by atoms with Crippen LogP contribution in [0.4, 0.5) is 5.69 Å². The summed E-state index contributed by atoms with van der Waals surface area (Å²) >= 11 is 0. The average molecular weight is 321 g/mol. The predicted octanol–water partition coefficient (Wildman–Crippen LogP) is 0.922. The normalized spacial score (nSPS) is 11.0. The number of sulfone groups is 1. The van der Waals surface area contributed by atoms with Gasteiger partial charge in [-0.25, -0.2) is 18.4 Å². The molecule has 0 unspecified atom stereocenters. The van der Waals surface area contributed by atoms with Crippen LogP contribution in [0.15, 0.2) is 47.9 Å². The van der Waals surface area contributed by atoms with Crippen molar-refractivity contribution in [3.05, 3.63) is 42.7 Å². The van der Waals surface area contributed by atoms with Crippen molar-refractivity contribution in [1.82, 2.24) is 9.97 Å². The molecule has 8 heteroatoms. The molecule has 0 fully saturated rings. The molecule has 1 aromatic heterocycles. The molecule has 0 aliphatic rings. The van der Waals surface area contributed by atoms with E-state index in [1.807, 2.05) is 30.3 Å². The number of hydrogen-bond donors (Lipinski definition) is 0. The van der Waals surface area contributed by atoms with Crippen molar-refractivity contribution in [3.8, 4) is 5.75 Å². The Morgan fingerprint density at radius 1 is 1.18 bits per heavy atom. The Morgan fingerprint density at radius 2 is 1.77 bits per heavy atom. The number of nitrogens with zero attached hydrogens (tertiary/aromatic N) is 3. The first kappa shape index (κ1) is 15.9. The average Bonchev–Trinajstić information content (AvgIpc) is 2.52. The topological polar surface area (TPSA) is 89.5 Å². The number of carbonyl (C=O) groups excluding carboxylic acids is 1. The molecule has 0 radical (unpaired) electrons. The molecular weight excluding hydrogens is 306 g/mol. The first-order chi connectivity index (χ1) is 10.4. The molecule has 0 bridgehead atoms. The third kappa shape index (κ3) is 4.01. The van der Waals surface area contributed by atoms with E-state index in [1.54, 1.807) is 7.05 Å². The van der Waals surface area contributed by atoms with Gasteiger partial charge in [0.2, 0.25) is 15.0 Å². The maximum absolute atomic E-state index is 12.0. The zero-order valence-corrected chi connectivity index (χ0v) is 12.9. The quantitative estimate of drug-likeness (QED) is 0.761. The first-order valence-corrected chi connectivity index (χ1v) is 8.23. The van der Waals surface area contributed by atoms with E-state index in [-0.39, 0.29) is 23.4 Å². The van der Waals surface area contributed by atoms with Crippen LogP contribution in [-0.4, -0.2) is 44.2 Å². The van der Waals surface area contributed by atoms with Gasteiger partial charge in [0.05, 0.1) is 12.4 Å². The minimum atomic E-state index is -3.45. The number of amides is 1. The van der Waals surface area contributed by atoms with Crippen molar-refractivity contribution in [2.75, 3.05) is 24.8 Å². The van der Waals surface area contributed by atoms with Crippen LogP contribution in [0.2, 0.25) is 0 Å². The summed E-state index contributed by atoms with van der Waals surface area (Å²) in [4.78, 5) is 20.8. The Hall–Kier alpha value is -2.48. The van der Waals surface area contributed by atoms with Gasteiger partial charge < -0.3 is 9.64 Å². The van der Waals surface area contributed by atoms with E-state index < -0.39 is 9.84 Å². The Bertz CT molecular complexity index is 745. The number of likely N-dealkylation sites (N-methyl/N-ethyl adjacent to an activating group) is 1. The lowest BCUT2D eigenvalue weighted by Crippen LogP contribution is -2.31. The van der Waals surface area contributed by atoms with Crippen LogP contribution in [0, 0.1) is 0 Å². The molecule has 116 valence electrons. The molecule has 0 aliphatic heterocycles. The number of anilines is 1. The van der Waals surface area contributed by atoms with Gasteiger partial charge in [0, 0.05) is 19.0 Å². The molecule has 2 rings (SSSR count). The van der Waals surface area contributed by atoms with Crippen molar-refractivity contribution < 1.29 is 17.9 Å². The summed E-state index contributed by atoms with van der Waals surface area (Å²) in [6, 6.07) is 9.14. The Morgan fingerprint density at radius 3 is 2.32 bits per heavy atom. The van der Waals surface area contributed by atoms with Crippen molar-refractivity contribution in [2.24, 2.45) is 0 Å². The summed E-state index contributed by atoms with van der Waals surface area (Å²) in [5.74, 6) is -0.0272. The highest BCUT2D eigenvalue weighted by Gasteiger charge is 2.13. The molecule has 0 saturated carbocycles. The summed E-state index contributed by atoms with van der Waals surface area (Å²) < 4.78 is 27.7. The lowest BCUT2D eigenvalue weighted by atomic mass is 10.3. The molecule has 0 aliphatic carbocycles. The summed E-state index contributed by atoms with van der Waals surface area (Å²) in [5, 5.41) is -0.285. The third-order valence-electron chi connectivity index (χ3n) is 2.82. The fourth-order valence-corrected chi connectivity index (χ4v) is 2.10. The van der Waals surface area contributed by atoms with Crippen LogP contribution in [0.3, 0.4) is 0 Å². The van der Waals surface area contributed by atoms with Crippen molar-refractivity contribution in [3.63, 3.8) is 0 Å². The molecule has 1 heterocycles. The maximum Gasteiger partial charge on any atom is 0.264 e. The van der Waals surface area contributed by atoms with Gasteiger partial charge in [-0.1, -0.05) is 18.2 Å². The van der Waals surface area contributed by atoms with Crippen LogP contribution in [0.5, 0.6) is 5.75 Å². The number of para-hydroxylation sites is 1. The minimum Gasteiger partial charge on any atom is -0.481 e. The minimum absolute atomic E-state index is 0.201. The van der Waals surface area contributed by atoms with Crippen LogP contribution in [0.25, 0.3) is 0 Å². The number of aromatic nitrogens is 2. The van der Waals surface area contributed by atoms with E-state index in [4.69, 9.17) is 4.74 Å². The van der Waals surface area contributed by atoms with Crippen LogP contribution >= 0.6 is 0 Å². The van der Waals surface area contributed by atoms with Crippen LogP contribution in [0.1, 0.15) is 0 Å². The zero-order chi connectivity index (χ0) is 16.2. The molecule has 0 saturated heterocycles. The molecule has 2 aromatic rings. The zero-order valence-electron chi connectivity index (χ0n) is 12.1. The van der Waals surface area contributed by atoms with E-state index in [0.717, 1.165) is 11.9 Å². The van der Waals surface area contributed by atoms with Crippen molar-refractivity contribution in [1.29, 1.82) is 0 Å². The Balaban J connectivity index is 1.97. The van der Waals surface area contributed by atoms with Gasteiger partial charge in [-0.05, 0) is 12.1 Å². The number of ether oxygens (including phenoxy) is 1. The second kappa shape index (κ2) is 6.52. The van der Waals surface area contributed by atoms with Gasteiger partial charge in [-0.15, -0.1) is 0 Å². The van der Waals surface area contributed by atoms with Crippen LogP contribution < -0.4 is 9.64 Å². The van der Waals surface area contributed by atoms with Crippen molar-refractivity contribution >= 4 is 21.4 Å². The highest BCUT2D eigenvalue weighted by atomic mass is 32.2. The lowest BCUT2D eigenvalue weighted by molar-refractivity contribution is -0.120. The molecule has 0 atom stereocenters. The number of benzene rings is 1. The van der Waals surface area contributed by atoms with Crippen molar-refractivity contribution in [2.45, 2.75) is 5.16 Å². The van der Waals surface area contributed by atoms with E-state index in [2.05, 4.69) is 9.97 Å². The molecule has 0 spiro atoms. The maximum atomic E-state index is 12.0. The predicted molar refractivity (Wildman–Crippen MR) is 80.5 cm³/mol. The summed E-state index contributed by atoms with van der Waals surface area (Å²) in [5.41, 5.74) is 0.750. The van der Waals surface area contributed by atoms with Gasteiger partial charge >= 0.3 is 0 Å². The van der Waals surface area contributed by atoms with Gasteiger partial charge in [0.15, 0.2) is 12.4 Å². The largest absolute Gasteiger partial charge is 0.481 e. The van der Waals surface area contributed by atoms with E-state index in [9.17, 15) is 13.2 Å². The van der Waals surface area contributed by atoms with E-state index in [1.165, 1.54) is 17.3 Å². The highest BCUT2D eigenvalue weighted by molar-refractivity contribution is 7.90. The van der Waals surface area contributed by atoms with Gasteiger partial charge in [-0.3, -0.25) is 4.79 Å². The summed E-state index contributed by atoms with van der Waals surface area (Å²) in [6.07, 6.45) is 3.46. The second-order valence-corrected chi connectivity index (χ2v) is 6.46. The fourth-order valence-electron chi connectivity index (χ4n) is 1.61. The summed E-state index contributed by atoms with van der Waals surface area (Å²) in [6.45, 7) is -0.201. The monoisotopic (exact) mass is 321 g/mol. The van der Waals surface area contributed by atoms with Gasteiger partial charge in [0.1, 0.15) is 0 Å². The molecule has 1 aromatic carbocycles. The number of rotatable bonds is 5. The fraction of sp³-hybridized carbons (Fsp3) is 0.214. The third-order valence-corrected chi connectivity index (χ3v) is 3.69. The molecule has 22 heavy (non-hydrogen) atoms.